The van der Waals surface area contributed by atoms with Crippen LogP contribution in [0.15, 0.2) is 23.1 Å². The van der Waals surface area contributed by atoms with Crippen LogP contribution in [0.2, 0.25) is 0 Å². The van der Waals surface area contributed by atoms with Gasteiger partial charge in [-0.05, 0) is 31.9 Å². The minimum Gasteiger partial charge on any atom is -0.380 e. The third kappa shape index (κ3) is 2.75. The molecule has 2 rings (SSSR count). The first-order valence-electron chi connectivity index (χ1n) is 6.38. The Bertz CT molecular complexity index is 626. The Morgan fingerprint density at radius 2 is 2.10 bits per heavy atom. The summed E-state index contributed by atoms with van der Waals surface area (Å²) in [4.78, 5) is 10.4. The molecule has 0 saturated heterocycles. The van der Waals surface area contributed by atoms with E-state index in [1.807, 2.05) is 6.92 Å². The van der Waals surface area contributed by atoms with Crippen LogP contribution in [0, 0.1) is 10.1 Å². The number of nitrogens with zero attached hydrogens (tertiary/aromatic N) is 2. The number of benzene rings is 1. The Morgan fingerprint density at radius 1 is 1.45 bits per heavy atom. The summed E-state index contributed by atoms with van der Waals surface area (Å²) in [6.07, 6.45) is 1.68. The molecule has 1 aromatic rings. The van der Waals surface area contributed by atoms with Crippen LogP contribution in [0.1, 0.15) is 19.8 Å². The van der Waals surface area contributed by atoms with E-state index in [9.17, 15) is 18.5 Å². The lowest BCUT2D eigenvalue weighted by Gasteiger charge is -2.16. The summed E-state index contributed by atoms with van der Waals surface area (Å²) in [7, 11) is -2.15. The molecule has 110 valence electrons. The van der Waals surface area contributed by atoms with E-state index >= 15 is 0 Å². The van der Waals surface area contributed by atoms with Crippen LogP contribution in [0.4, 0.5) is 11.4 Å². The average molecular weight is 299 g/mol. The molecule has 1 saturated carbocycles. The van der Waals surface area contributed by atoms with Gasteiger partial charge in [-0.2, -0.15) is 4.31 Å². The van der Waals surface area contributed by atoms with Gasteiger partial charge in [0.15, 0.2) is 0 Å². The first kappa shape index (κ1) is 14.7. The van der Waals surface area contributed by atoms with Gasteiger partial charge < -0.3 is 5.32 Å². The number of anilines is 1. The number of nitrogens with one attached hydrogen (secondary N) is 1. The average Bonchev–Trinajstić information content (AvgIpc) is 3.22. The third-order valence-electron chi connectivity index (χ3n) is 3.27. The lowest BCUT2D eigenvalue weighted by atomic mass is 10.2. The van der Waals surface area contributed by atoms with Gasteiger partial charge in [0, 0.05) is 25.7 Å². The van der Waals surface area contributed by atoms with Crippen LogP contribution >= 0.6 is 0 Å². The van der Waals surface area contributed by atoms with Gasteiger partial charge in [-0.1, -0.05) is 0 Å². The molecule has 0 aliphatic heterocycles. The standard InChI is InChI=1S/C12H17N3O4S/c1-3-13-11-7-6-10(8-12(11)15(16)17)20(18,19)14(2)9-4-5-9/h6-9,13H,3-5H2,1-2H3. The molecule has 0 heterocycles. The van der Waals surface area contributed by atoms with Crippen molar-refractivity contribution in [3.8, 4) is 0 Å². The smallest absolute Gasteiger partial charge is 0.293 e. The van der Waals surface area contributed by atoms with Crippen molar-refractivity contribution < 1.29 is 13.3 Å². The van der Waals surface area contributed by atoms with Crippen LogP contribution in [0.5, 0.6) is 0 Å². The second-order valence-corrected chi connectivity index (χ2v) is 6.72. The van der Waals surface area contributed by atoms with Crippen LogP contribution in [0.25, 0.3) is 0 Å². The summed E-state index contributed by atoms with van der Waals surface area (Å²) in [5, 5.41) is 13.9. The van der Waals surface area contributed by atoms with Crippen molar-refractivity contribution in [2.75, 3.05) is 18.9 Å². The largest absolute Gasteiger partial charge is 0.380 e. The van der Waals surface area contributed by atoms with E-state index < -0.39 is 14.9 Å². The van der Waals surface area contributed by atoms with Gasteiger partial charge in [-0.3, -0.25) is 10.1 Å². The van der Waals surface area contributed by atoms with Gasteiger partial charge in [0.1, 0.15) is 5.69 Å². The normalized spacial score (nSPS) is 15.3. The van der Waals surface area contributed by atoms with Crippen molar-refractivity contribution in [1.82, 2.24) is 4.31 Å². The number of nitro benzene ring substituents is 1. The zero-order valence-corrected chi connectivity index (χ0v) is 12.2. The summed E-state index contributed by atoms with van der Waals surface area (Å²) < 4.78 is 26.0. The molecule has 0 radical (unpaired) electrons. The molecule has 1 aromatic carbocycles. The lowest BCUT2D eigenvalue weighted by molar-refractivity contribution is -0.384. The Hall–Kier alpha value is -1.67. The first-order valence-corrected chi connectivity index (χ1v) is 7.82. The quantitative estimate of drug-likeness (QED) is 0.638. The minimum absolute atomic E-state index is 0.0208. The van der Waals surface area contributed by atoms with E-state index in [1.54, 1.807) is 0 Å². The maximum Gasteiger partial charge on any atom is 0.293 e. The van der Waals surface area contributed by atoms with Gasteiger partial charge in [0.25, 0.3) is 5.69 Å². The van der Waals surface area contributed by atoms with Gasteiger partial charge in [0.2, 0.25) is 10.0 Å². The summed E-state index contributed by atoms with van der Waals surface area (Å²) in [5.74, 6) is 0. The van der Waals surface area contributed by atoms with Crippen molar-refractivity contribution in [2.24, 2.45) is 0 Å². The molecule has 7 nitrogen and oxygen atoms in total. The van der Waals surface area contributed by atoms with Gasteiger partial charge in [-0.25, -0.2) is 8.42 Å². The molecule has 1 aliphatic rings. The Kier molecular flexibility index (Phi) is 3.96. The van der Waals surface area contributed by atoms with Crippen LogP contribution in [-0.2, 0) is 10.0 Å². The topological polar surface area (TPSA) is 92.6 Å². The third-order valence-corrected chi connectivity index (χ3v) is 5.18. The number of nitro groups is 1. The molecule has 0 unspecified atom stereocenters. The molecule has 0 atom stereocenters. The molecule has 0 bridgehead atoms. The summed E-state index contributed by atoms with van der Waals surface area (Å²) in [5.41, 5.74) is 0.0997. The number of hydrogen-bond acceptors (Lipinski definition) is 5. The second kappa shape index (κ2) is 5.37. The van der Waals surface area contributed by atoms with Crippen LogP contribution in [-0.4, -0.2) is 37.3 Å². The highest BCUT2D eigenvalue weighted by Gasteiger charge is 2.35. The van der Waals surface area contributed by atoms with E-state index in [-0.39, 0.29) is 16.6 Å². The molecule has 0 spiro atoms. The monoisotopic (exact) mass is 299 g/mol. The van der Waals surface area contributed by atoms with Gasteiger partial charge >= 0.3 is 0 Å². The zero-order chi connectivity index (χ0) is 14.9. The molecule has 0 aromatic heterocycles. The van der Waals surface area contributed by atoms with Gasteiger partial charge in [0.05, 0.1) is 9.82 Å². The summed E-state index contributed by atoms with van der Waals surface area (Å²) in [6, 6.07) is 3.98. The Balaban J connectivity index is 2.42. The van der Waals surface area contributed by atoms with E-state index in [0.29, 0.717) is 12.2 Å². The fourth-order valence-electron chi connectivity index (χ4n) is 1.96. The van der Waals surface area contributed by atoms with Crippen molar-refractivity contribution in [1.29, 1.82) is 0 Å². The van der Waals surface area contributed by atoms with Crippen molar-refractivity contribution in [3.63, 3.8) is 0 Å². The molecular weight excluding hydrogens is 282 g/mol. The molecule has 0 amide bonds. The fourth-order valence-corrected chi connectivity index (χ4v) is 3.40. The van der Waals surface area contributed by atoms with E-state index in [4.69, 9.17) is 0 Å². The van der Waals surface area contributed by atoms with Crippen molar-refractivity contribution >= 4 is 21.4 Å². The highest BCUT2D eigenvalue weighted by Crippen LogP contribution is 2.33. The summed E-state index contributed by atoms with van der Waals surface area (Å²) >= 11 is 0. The first-order chi connectivity index (χ1) is 9.37. The predicted molar refractivity (Wildman–Crippen MR) is 75.2 cm³/mol. The minimum atomic E-state index is -3.66. The van der Waals surface area contributed by atoms with Crippen LogP contribution < -0.4 is 5.32 Å². The van der Waals surface area contributed by atoms with E-state index in [2.05, 4.69) is 5.32 Å². The molecule has 20 heavy (non-hydrogen) atoms. The molecule has 1 N–H and O–H groups in total. The highest BCUT2D eigenvalue weighted by molar-refractivity contribution is 7.89. The Labute approximate surface area is 117 Å². The SMILES string of the molecule is CCNc1ccc(S(=O)(=O)N(C)C2CC2)cc1[N+](=O)[O-]. The van der Waals surface area contributed by atoms with Crippen molar-refractivity contribution in [2.45, 2.75) is 30.7 Å². The number of sulfonamides is 1. The zero-order valence-electron chi connectivity index (χ0n) is 11.4. The maximum absolute atomic E-state index is 12.3. The molecule has 1 fully saturated rings. The predicted octanol–water partition coefficient (Wildman–Crippen LogP) is 1.81. The van der Waals surface area contributed by atoms with E-state index in [1.165, 1.54) is 23.5 Å². The molecule has 8 heteroatoms. The maximum atomic E-state index is 12.3. The van der Waals surface area contributed by atoms with Crippen molar-refractivity contribution in [3.05, 3.63) is 28.3 Å². The molecule has 1 aliphatic carbocycles. The van der Waals surface area contributed by atoms with E-state index in [0.717, 1.165) is 18.9 Å². The number of hydrogen-bond donors (Lipinski definition) is 1. The fraction of sp³-hybridized carbons (Fsp3) is 0.500. The summed E-state index contributed by atoms with van der Waals surface area (Å²) in [6.45, 7) is 2.34. The number of rotatable bonds is 6. The highest BCUT2D eigenvalue weighted by atomic mass is 32.2. The Morgan fingerprint density at radius 3 is 2.60 bits per heavy atom. The van der Waals surface area contributed by atoms with Gasteiger partial charge in [-0.15, -0.1) is 0 Å². The lowest BCUT2D eigenvalue weighted by Crippen LogP contribution is -2.29. The van der Waals surface area contributed by atoms with Crippen LogP contribution in [0.3, 0.4) is 0 Å². The second-order valence-electron chi connectivity index (χ2n) is 4.72. The molecular formula is C12H17N3O4S.